The predicted octanol–water partition coefficient (Wildman–Crippen LogP) is 5.66. The number of anilines is 1. The van der Waals surface area contributed by atoms with Gasteiger partial charge < -0.3 is 9.64 Å². The Morgan fingerprint density at radius 3 is 2.47 bits per heavy atom. The van der Waals surface area contributed by atoms with Crippen molar-refractivity contribution in [2.75, 3.05) is 11.4 Å². The molecule has 0 spiro atoms. The summed E-state index contributed by atoms with van der Waals surface area (Å²) in [5.41, 5.74) is 5.82. The lowest BCUT2D eigenvalue weighted by Crippen LogP contribution is -2.57. The highest BCUT2D eigenvalue weighted by Gasteiger charge is 2.62. The number of carbonyl (C=O) groups excluding carboxylic acids is 2. The summed E-state index contributed by atoms with van der Waals surface area (Å²) >= 11 is 0. The highest BCUT2D eigenvalue weighted by Crippen LogP contribution is 2.66. The number of amides is 1. The molecule has 4 nitrogen and oxygen atoms in total. The average Bonchev–Trinajstić information content (AvgIpc) is 3.23. The molecule has 5 aliphatic rings. The van der Waals surface area contributed by atoms with Crippen LogP contribution in [0, 0.1) is 31.1 Å². The molecule has 7 rings (SSSR count). The first-order chi connectivity index (χ1) is 16.3. The predicted molar refractivity (Wildman–Crippen MR) is 133 cm³/mol. The first-order valence-electron chi connectivity index (χ1n) is 13.0. The number of benzene rings is 2. The first-order valence-corrected chi connectivity index (χ1v) is 13.0. The van der Waals surface area contributed by atoms with E-state index in [0.717, 1.165) is 31.4 Å². The van der Waals surface area contributed by atoms with E-state index in [2.05, 4.69) is 38.1 Å². The molecule has 4 bridgehead atoms. The Hall–Kier alpha value is -2.62. The summed E-state index contributed by atoms with van der Waals surface area (Å²) in [5.74, 6) is 0.911. The van der Waals surface area contributed by atoms with Crippen LogP contribution >= 0.6 is 0 Å². The number of para-hydroxylation sites is 1. The Kier molecular flexibility index (Phi) is 4.95. The zero-order valence-electron chi connectivity index (χ0n) is 20.6. The van der Waals surface area contributed by atoms with Gasteiger partial charge >= 0.3 is 5.97 Å². The Balaban J connectivity index is 1.23. The number of aryl methyl sites for hydroxylation is 2. The van der Waals surface area contributed by atoms with E-state index < -0.39 is 11.5 Å². The molecule has 4 aliphatic carbocycles. The molecule has 1 aliphatic heterocycles. The first kappa shape index (κ1) is 21.9. The normalized spacial score (nSPS) is 31.9. The highest BCUT2D eigenvalue weighted by molar-refractivity contribution is 5.99. The standard InChI is InChI=1S/C30H35NO3/c1-19-8-9-25(12-20(19)2)29-14-22-13-23(15-29)17-30(16-22,18-29)28(33)34-21(3)27(32)31-11-10-24-6-4-5-7-26(24)31/h4-9,12,21-23H,10-11,13-18H2,1-3H3/t21-,22-,23-,29?,30?/m1/s1. The molecule has 0 unspecified atom stereocenters. The summed E-state index contributed by atoms with van der Waals surface area (Å²) in [5, 5.41) is 0. The van der Waals surface area contributed by atoms with E-state index in [0.29, 0.717) is 18.4 Å². The molecule has 4 saturated carbocycles. The molecule has 0 N–H and O–H groups in total. The van der Waals surface area contributed by atoms with E-state index in [1.54, 1.807) is 11.8 Å². The van der Waals surface area contributed by atoms with Crippen LogP contribution in [0.25, 0.3) is 0 Å². The number of nitrogens with zero attached hydrogens (tertiary/aromatic N) is 1. The molecule has 2 aromatic carbocycles. The van der Waals surface area contributed by atoms with Crippen molar-refractivity contribution in [3.63, 3.8) is 0 Å². The molecule has 1 heterocycles. The topological polar surface area (TPSA) is 46.6 Å². The van der Waals surface area contributed by atoms with Crippen LogP contribution in [0.5, 0.6) is 0 Å². The van der Waals surface area contributed by atoms with Crippen molar-refractivity contribution in [1.82, 2.24) is 0 Å². The van der Waals surface area contributed by atoms with E-state index in [4.69, 9.17) is 4.74 Å². The van der Waals surface area contributed by atoms with Crippen LogP contribution in [0.1, 0.15) is 67.7 Å². The highest BCUT2D eigenvalue weighted by atomic mass is 16.5. The minimum absolute atomic E-state index is 0.0721. The van der Waals surface area contributed by atoms with Crippen molar-refractivity contribution < 1.29 is 14.3 Å². The number of fused-ring (bicyclic) bond motifs is 1. The van der Waals surface area contributed by atoms with Crippen molar-refractivity contribution in [2.45, 2.75) is 77.2 Å². The summed E-state index contributed by atoms with van der Waals surface area (Å²) in [6, 6.07) is 14.9. The van der Waals surface area contributed by atoms with E-state index in [1.807, 2.05) is 18.2 Å². The minimum Gasteiger partial charge on any atom is -0.452 e. The molecular formula is C30H35NO3. The summed E-state index contributed by atoms with van der Waals surface area (Å²) in [6.45, 7) is 6.76. The Morgan fingerprint density at radius 1 is 1.00 bits per heavy atom. The number of ether oxygens (including phenoxy) is 1. The maximum atomic E-state index is 13.8. The van der Waals surface area contributed by atoms with Crippen LogP contribution in [0.4, 0.5) is 5.69 Å². The van der Waals surface area contributed by atoms with Crippen LogP contribution in [0.15, 0.2) is 42.5 Å². The maximum absolute atomic E-state index is 13.8. The number of carbonyl (C=O) groups is 2. The van der Waals surface area contributed by atoms with Gasteiger partial charge in [-0.15, -0.1) is 0 Å². The number of hydrogen-bond donors (Lipinski definition) is 0. The summed E-state index contributed by atoms with van der Waals surface area (Å²) < 4.78 is 6.02. The van der Waals surface area contributed by atoms with Gasteiger partial charge in [0, 0.05) is 12.2 Å². The van der Waals surface area contributed by atoms with Crippen LogP contribution in [0.3, 0.4) is 0 Å². The van der Waals surface area contributed by atoms with E-state index >= 15 is 0 Å². The van der Waals surface area contributed by atoms with Crippen LogP contribution < -0.4 is 4.90 Å². The molecule has 34 heavy (non-hydrogen) atoms. The SMILES string of the molecule is Cc1ccc(C23C[C@H]4C[C@@H](CC(C(=O)O[C@H](C)C(=O)N5CCc6ccccc65)(C4)C2)C3)cc1C. The fourth-order valence-electron chi connectivity index (χ4n) is 8.03. The van der Waals surface area contributed by atoms with Crippen molar-refractivity contribution in [2.24, 2.45) is 17.3 Å². The summed E-state index contributed by atoms with van der Waals surface area (Å²) in [7, 11) is 0. The second-order valence-electron chi connectivity index (χ2n) is 11.7. The molecule has 3 atom stereocenters. The van der Waals surface area contributed by atoms with Crippen molar-refractivity contribution in [3.8, 4) is 0 Å². The van der Waals surface area contributed by atoms with E-state index in [1.165, 1.54) is 41.5 Å². The van der Waals surface area contributed by atoms with Gasteiger partial charge in [-0.1, -0.05) is 36.4 Å². The summed E-state index contributed by atoms with van der Waals surface area (Å²) in [4.78, 5) is 28.8. The number of rotatable bonds is 4. The minimum atomic E-state index is -0.760. The molecule has 4 fully saturated rings. The average molecular weight is 458 g/mol. The zero-order chi connectivity index (χ0) is 23.7. The Labute approximate surface area is 202 Å². The van der Waals surface area contributed by atoms with Gasteiger partial charge in [0.2, 0.25) is 0 Å². The Bertz CT molecular complexity index is 1150. The number of hydrogen-bond acceptors (Lipinski definition) is 3. The van der Waals surface area contributed by atoms with Crippen LogP contribution in [-0.4, -0.2) is 24.5 Å². The summed E-state index contributed by atoms with van der Waals surface area (Å²) in [6.07, 6.45) is 6.39. The van der Waals surface area contributed by atoms with Crippen LogP contribution in [0.2, 0.25) is 0 Å². The second kappa shape index (κ2) is 7.69. The lowest BCUT2D eigenvalue weighted by Gasteiger charge is -2.61. The maximum Gasteiger partial charge on any atom is 0.312 e. The van der Waals surface area contributed by atoms with Gasteiger partial charge in [-0.25, -0.2) is 0 Å². The van der Waals surface area contributed by atoms with Gasteiger partial charge in [0.15, 0.2) is 6.10 Å². The largest absolute Gasteiger partial charge is 0.452 e. The van der Waals surface area contributed by atoms with Crippen molar-refractivity contribution in [1.29, 1.82) is 0 Å². The molecular weight excluding hydrogens is 422 g/mol. The molecule has 0 radical (unpaired) electrons. The lowest BCUT2D eigenvalue weighted by atomic mass is 9.43. The fourth-order valence-corrected chi connectivity index (χ4v) is 8.03. The van der Waals surface area contributed by atoms with Gasteiger partial charge in [0.1, 0.15) is 0 Å². The molecule has 2 aromatic rings. The molecule has 178 valence electrons. The van der Waals surface area contributed by atoms with Crippen LogP contribution in [-0.2, 0) is 26.2 Å². The molecule has 0 aromatic heterocycles. The smallest absolute Gasteiger partial charge is 0.312 e. The molecule has 1 amide bonds. The third-order valence-corrected chi connectivity index (χ3v) is 9.40. The number of esters is 1. The van der Waals surface area contributed by atoms with Gasteiger partial charge in [-0.2, -0.15) is 0 Å². The second-order valence-corrected chi connectivity index (χ2v) is 11.7. The van der Waals surface area contributed by atoms with Gasteiger partial charge in [0.25, 0.3) is 5.91 Å². The third-order valence-electron chi connectivity index (χ3n) is 9.40. The third kappa shape index (κ3) is 3.32. The fraction of sp³-hybridized carbons (Fsp3) is 0.533. The zero-order valence-corrected chi connectivity index (χ0v) is 20.6. The van der Waals surface area contributed by atoms with Gasteiger partial charge in [-0.05, 0) is 111 Å². The molecule has 4 heteroatoms. The van der Waals surface area contributed by atoms with E-state index in [9.17, 15) is 9.59 Å². The van der Waals surface area contributed by atoms with Gasteiger partial charge in [-0.3, -0.25) is 9.59 Å². The monoisotopic (exact) mass is 457 g/mol. The van der Waals surface area contributed by atoms with Crippen molar-refractivity contribution in [3.05, 3.63) is 64.7 Å². The van der Waals surface area contributed by atoms with Crippen molar-refractivity contribution >= 4 is 17.6 Å². The molecule has 0 saturated heterocycles. The van der Waals surface area contributed by atoms with Gasteiger partial charge in [0.05, 0.1) is 5.41 Å². The van der Waals surface area contributed by atoms with E-state index in [-0.39, 0.29) is 17.3 Å². The lowest BCUT2D eigenvalue weighted by molar-refractivity contribution is -0.180. The quantitative estimate of drug-likeness (QED) is 0.557. The Morgan fingerprint density at radius 2 is 1.74 bits per heavy atom.